The first kappa shape index (κ1) is 13.6. The zero-order chi connectivity index (χ0) is 12.4. The molecule has 1 aliphatic rings. The molecule has 16 heavy (non-hydrogen) atoms. The highest BCUT2D eigenvalue weighted by atomic mass is 32.2. The van der Waals surface area contributed by atoms with Gasteiger partial charge in [-0.2, -0.15) is 5.26 Å². The highest BCUT2D eigenvalue weighted by Gasteiger charge is 2.39. The van der Waals surface area contributed by atoms with Gasteiger partial charge in [0.2, 0.25) is 0 Å². The number of nitrogens with one attached hydrogen (secondary N) is 1. The monoisotopic (exact) mass is 264 g/mol. The van der Waals surface area contributed by atoms with E-state index in [9.17, 15) is 12.6 Å². The van der Waals surface area contributed by atoms with Crippen molar-refractivity contribution in [2.75, 3.05) is 12.5 Å². The Hall–Kier alpha value is -0.450. The van der Waals surface area contributed by atoms with Gasteiger partial charge in [-0.3, -0.25) is 0 Å². The van der Waals surface area contributed by atoms with Crippen LogP contribution in [-0.4, -0.2) is 35.9 Å². The molecule has 1 atom stereocenters. The Morgan fingerprint density at radius 3 is 2.25 bits per heavy atom. The SMILES string of the molecule is CS(=O)NC1(C#N)CCC(S(C)(=O)=O)CC1. The van der Waals surface area contributed by atoms with Crippen molar-refractivity contribution in [3.8, 4) is 6.07 Å². The maximum absolute atomic E-state index is 11.3. The van der Waals surface area contributed by atoms with E-state index in [1.807, 2.05) is 0 Å². The molecule has 1 fully saturated rings. The van der Waals surface area contributed by atoms with Crippen molar-refractivity contribution in [3.05, 3.63) is 0 Å². The van der Waals surface area contributed by atoms with Crippen LogP contribution in [0, 0.1) is 11.3 Å². The molecule has 0 saturated heterocycles. The molecule has 0 amide bonds. The fraction of sp³-hybridized carbons (Fsp3) is 0.889. The second-order valence-corrected chi connectivity index (χ2v) is 7.72. The summed E-state index contributed by atoms with van der Waals surface area (Å²) in [5.74, 6) is 0. The Balaban J connectivity index is 2.72. The summed E-state index contributed by atoms with van der Waals surface area (Å²) in [6.07, 6.45) is 4.47. The second kappa shape index (κ2) is 4.82. The van der Waals surface area contributed by atoms with Crippen molar-refractivity contribution >= 4 is 20.8 Å². The van der Waals surface area contributed by atoms with Crippen molar-refractivity contribution in [1.82, 2.24) is 4.72 Å². The van der Waals surface area contributed by atoms with E-state index in [1.165, 1.54) is 12.5 Å². The van der Waals surface area contributed by atoms with E-state index in [0.717, 1.165) is 0 Å². The van der Waals surface area contributed by atoms with Gasteiger partial charge in [-0.25, -0.2) is 17.3 Å². The largest absolute Gasteiger partial charge is 0.243 e. The first-order valence-electron chi connectivity index (χ1n) is 5.00. The van der Waals surface area contributed by atoms with Crippen LogP contribution in [-0.2, 0) is 20.8 Å². The molecule has 1 unspecified atom stereocenters. The summed E-state index contributed by atoms with van der Waals surface area (Å²) in [5.41, 5.74) is -0.819. The van der Waals surface area contributed by atoms with Crippen molar-refractivity contribution in [3.63, 3.8) is 0 Å². The van der Waals surface area contributed by atoms with Gasteiger partial charge in [0.25, 0.3) is 0 Å². The predicted molar refractivity (Wildman–Crippen MR) is 62.6 cm³/mol. The van der Waals surface area contributed by atoms with Gasteiger partial charge in [-0.05, 0) is 25.7 Å². The molecular formula is C9H16N2O3S2. The van der Waals surface area contributed by atoms with Gasteiger partial charge >= 0.3 is 0 Å². The number of sulfone groups is 1. The molecule has 1 rings (SSSR count). The van der Waals surface area contributed by atoms with Crippen LogP contribution < -0.4 is 4.72 Å². The number of hydrogen-bond donors (Lipinski definition) is 1. The number of hydrogen-bond acceptors (Lipinski definition) is 4. The van der Waals surface area contributed by atoms with Gasteiger partial charge in [0, 0.05) is 12.5 Å². The second-order valence-electron chi connectivity index (χ2n) is 4.28. The van der Waals surface area contributed by atoms with E-state index >= 15 is 0 Å². The van der Waals surface area contributed by atoms with Crippen molar-refractivity contribution in [1.29, 1.82) is 5.26 Å². The van der Waals surface area contributed by atoms with Gasteiger partial charge in [0.15, 0.2) is 0 Å². The third-order valence-corrected chi connectivity index (χ3v) is 5.31. The third kappa shape index (κ3) is 3.27. The van der Waals surface area contributed by atoms with E-state index in [2.05, 4.69) is 10.8 Å². The molecule has 0 aromatic rings. The zero-order valence-corrected chi connectivity index (χ0v) is 11.0. The minimum Gasteiger partial charge on any atom is -0.243 e. The topological polar surface area (TPSA) is 87.0 Å². The molecule has 5 nitrogen and oxygen atoms in total. The number of nitriles is 1. The van der Waals surface area contributed by atoms with Gasteiger partial charge in [0.1, 0.15) is 15.4 Å². The molecule has 1 aliphatic carbocycles. The third-order valence-electron chi connectivity index (χ3n) is 2.94. The Morgan fingerprint density at radius 2 is 1.94 bits per heavy atom. The van der Waals surface area contributed by atoms with Gasteiger partial charge < -0.3 is 0 Å². The molecule has 0 bridgehead atoms. The van der Waals surface area contributed by atoms with E-state index in [-0.39, 0.29) is 5.25 Å². The predicted octanol–water partition coefficient (Wildman–Crippen LogP) is 0.119. The van der Waals surface area contributed by atoms with Crippen LogP contribution in [0.25, 0.3) is 0 Å². The van der Waals surface area contributed by atoms with E-state index in [4.69, 9.17) is 5.26 Å². The van der Waals surface area contributed by atoms with Crippen LogP contribution in [0.1, 0.15) is 25.7 Å². The lowest BCUT2D eigenvalue weighted by Gasteiger charge is -2.33. The lowest BCUT2D eigenvalue weighted by molar-refractivity contribution is 0.343. The molecule has 0 radical (unpaired) electrons. The van der Waals surface area contributed by atoms with Crippen LogP contribution >= 0.6 is 0 Å². The lowest BCUT2D eigenvalue weighted by atomic mass is 9.83. The number of nitrogens with zero attached hydrogens (tertiary/aromatic N) is 1. The van der Waals surface area contributed by atoms with Crippen LogP contribution in [0.4, 0.5) is 0 Å². The molecule has 1 N–H and O–H groups in total. The maximum Gasteiger partial charge on any atom is 0.150 e. The first-order chi connectivity index (χ1) is 7.29. The van der Waals surface area contributed by atoms with Crippen LogP contribution in [0.5, 0.6) is 0 Å². The quantitative estimate of drug-likeness (QED) is 0.784. The fourth-order valence-electron chi connectivity index (χ4n) is 2.02. The molecule has 92 valence electrons. The van der Waals surface area contributed by atoms with Crippen molar-refractivity contribution in [2.24, 2.45) is 0 Å². The summed E-state index contributed by atoms with van der Waals surface area (Å²) in [6.45, 7) is 0. The van der Waals surface area contributed by atoms with Gasteiger partial charge in [0.05, 0.1) is 22.3 Å². The van der Waals surface area contributed by atoms with Crippen molar-refractivity contribution < 1.29 is 12.6 Å². The van der Waals surface area contributed by atoms with Gasteiger partial charge in [-0.15, -0.1) is 0 Å². The Labute approximate surface area is 98.7 Å². The first-order valence-corrected chi connectivity index (χ1v) is 8.52. The van der Waals surface area contributed by atoms with Crippen LogP contribution in [0.3, 0.4) is 0 Å². The zero-order valence-electron chi connectivity index (χ0n) is 9.39. The average Bonchev–Trinajstić information content (AvgIpc) is 2.16. The van der Waals surface area contributed by atoms with Crippen molar-refractivity contribution in [2.45, 2.75) is 36.5 Å². The molecule has 1 saturated carbocycles. The molecule has 0 aromatic heterocycles. The minimum absolute atomic E-state index is 0.360. The summed E-state index contributed by atoms with van der Waals surface area (Å²) in [4.78, 5) is 0. The lowest BCUT2D eigenvalue weighted by Crippen LogP contribution is -2.48. The summed E-state index contributed by atoms with van der Waals surface area (Å²) in [5, 5.41) is 8.72. The minimum atomic E-state index is -3.03. The molecule has 0 aromatic carbocycles. The van der Waals surface area contributed by atoms with E-state index in [1.54, 1.807) is 0 Å². The molecule has 0 spiro atoms. The maximum atomic E-state index is 11.3. The highest BCUT2D eigenvalue weighted by molar-refractivity contribution is 7.91. The molecule has 0 heterocycles. The van der Waals surface area contributed by atoms with E-state index < -0.39 is 26.4 Å². The van der Waals surface area contributed by atoms with E-state index in [0.29, 0.717) is 25.7 Å². The van der Waals surface area contributed by atoms with Gasteiger partial charge in [-0.1, -0.05) is 0 Å². The average molecular weight is 264 g/mol. The smallest absolute Gasteiger partial charge is 0.150 e. The standard InChI is InChI=1S/C9H16N2O3S2/c1-15(12)11-9(7-10)5-3-8(4-6-9)16(2,13)14/h8,11H,3-6H2,1-2H3. The Bertz CT molecular complexity index is 417. The highest BCUT2D eigenvalue weighted by Crippen LogP contribution is 2.31. The number of rotatable bonds is 3. The fourth-order valence-corrected chi connectivity index (χ4v) is 3.92. The summed E-state index contributed by atoms with van der Waals surface area (Å²) in [7, 11) is -4.28. The Morgan fingerprint density at radius 1 is 1.44 bits per heavy atom. The summed E-state index contributed by atoms with van der Waals surface area (Å²) >= 11 is 0. The van der Waals surface area contributed by atoms with Crippen LogP contribution in [0.2, 0.25) is 0 Å². The normalized spacial score (nSPS) is 32.9. The summed E-state index contributed by atoms with van der Waals surface area (Å²) < 4.78 is 36.5. The van der Waals surface area contributed by atoms with Crippen LogP contribution in [0.15, 0.2) is 0 Å². The molecule has 7 heteroatoms. The molecular weight excluding hydrogens is 248 g/mol. The summed E-state index contributed by atoms with van der Waals surface area (Å²) in [6, 6.07) is 2.12. The Kier molecular flexibility index (Phi) is 4.10. The molecule has 0 aliphatic heterocycles.